The van der Waals surface area contributed by atoms with Gasteiger partial charge < -0.3 is 10.2 Å². The zero-order valence-electron chi connectivity index (χ0n) is 11.5. The van der Waals surface area contributed by atoms with Gasteiger partial charge in [-0.05, 0) is 19.9 Å². The van der Waals surface area contributed by atoms with E-state index in [0.29, 0.717) is 23.5 Å². The second-order valence-corrected chi connectivity index (χ2v) is 5.35. The van der Waals surface area contributed by atoms with Crippen LogP contribution in [-0.4, -0.2) is 42.1 Å². The minimum atomic E-state index is -4.51. The zero-order chi connectivity index (χ0) is 15.6. The fourth-order valence-corrected chi connectivity index (χ4v) is 2.79. The molecule has 0 saturated carbocycles. The van der Waals surface area contributed by atoms with E-state index >= 15 is 0 Å². The maximum atomic E-state index is 12.4. The molecule has 2 heterocycles. The van der Waals surface area contributed by atoms with E-state index in [1.54, 1.807) is 0 Å². The Kier molecular flexibility index (Phi) is 4.77. The Morgan fingerprint density at radius 3 is 2.86 bits per heavy atom. The molecule has 5 nitrogen and oxygen atoms in total. The van der Waals surface area contributed by atoms with Crippen LogP contribution in [0.2, 0.25) is 5.02 Å². The molecule has 0 aromatic carbocycles. The van der Waals surface area contributed by atoms with Crippen molar-refractivity contribution in [1.29, 1.82) is 0 Å². The van der Waals surface area contributed by atoms with Gasteiger partial charge in [0.1, 0.15) is 11.6 Å². The summed E-state index contributed by atoms with van der Waals surface area (Å²) < 4.78 is 37.4. The van der Waals surface area contributed by atoms with E-state index in [2.05, 4.69) is 10.4 Å². The number of halogens is 4. The number of nitrogens with one attached hydrogen (secondary N) is 1. The number of nitrogens with zero attached hydrogens (tertiary/aromatic N) is 3. The lowest BCUT2D eigenvalue weighted by atomic mass is 10.2. The monoisotopic (exact) mass is 324 g/mol. The summed E-state index contributed by atoms with van der Waals surface area (Å²) in [6.07, 6.45) is -1.40. The van der Waals surface area contributed by atoms with Crippen LogP contribution in [0.25, 0.3) is 0 Å². The first kappa shape index (κ1) is 16.1. The highest BCUT2D eigenvalue weighted by Gasteiger charge is 2.31. The van der Waals surface area contributed by atoms with Gasteiger partial charge in [-0.15, -0.1) is 0 Å². The van der Waals surface area contributed by atoms with Crippen LogP contribution in [0.3, 0.4) is 0 Å². The highest BCUT2D eigenvalue weighted by Crippen LogP contribution is 2.29. The largest absolute Gasteiger partial charge is 0.408 e. The molecule has 1 aliphatic rings. The Hall–Kier alpha value is -1.28. The van der Waals surface area contributed by atoms with Gasteiger partial charge in [-0.25, -0.2) is 4.68 Å². The van der Waals surface area contributed by atoms with Crippen molar-refractivity contribution < 1.29 is 13.2 Å². The van der Waals surface area contributed by atoms with Gasteiger partial charge in [-0.3, -0.25) is 4.79 Å². The molecule has 0 radical (unpaired) electrons. The molecule has 1 N–H and O–H groups in total. The SMILES string of the molecule is CNCC1CCCN1c1cnn(CC(F)(F)F)c(=O)c1Cl. The highest BCUT2D eigenvalue weighted by atomic mass is 35.5. The summed E-state index contributed by atoms with van der Waals surface area (Å²) in [4.78, 5) is 13.8. The average molecular weight is 325 g/mol. The number of hydrogen-bond acceptors (Lipinski definition) is 4. The molecule has 21 heavy (non-hydrogen) atoms. The van der Waals surface area contributed by atoms with Gasteiger partial charge in [0.05, 0.1) is 11.9 Å². The van der Waals surface area contributed by atoms with Crippen LogP contribution in [0, 0.1) is 0 Å². The second kappa shape index (κ2) is 6.23. The van der Waals surface area contributed by atoms with Crippen LogP contribution in [0.1, 0.15) is 12.8 Å². The van der Waals surface area contributed by atoms with Gasteiger partial charge in [-0.1, -0.05) is 11.6 Å². The first-order valence-corrected chi connectivity index (χ1v) is 6.95. The first-order chi connectivity index (χ1) is 9.83. The summed E-state index contributed by atoms with van der Waals surface area (Å²) in [6, 6.07) is 0.159. The summed E-state index contributed by atoms with van der Waals surface area (Å²) in [5.74, 6) is 0. The molecule has 0 aliphatic carbocycles. The predicted molar refractivity (Wildman–Crippen MR) is 73.9 cm³/mol. The molecule has 0 bridgehead atoms. The van der Waals surface area contributed by atoms with Crippen molar-refractivity contribution in [1.82, 2.24) is 15.1 Å². The van der Waals surface area contributed by atoms with Crippen LogP contribution >= 0.6 is 11.6 Å². The molecular formula is C12H16ClF3N4O. The topological polar surface area (TPSA) is 50.2 Å². The number of anilines is 1. The summed E-state index contributed by atoms with van der Waals surface area (Å²) in [6.45, 7) is -0.0236. The Morgan fingerprint density at radius 1 is 1.52 bits per heavy atom. The van der Waals surface area contributed by atoms with Crippen molar-refractivity contribution in [3.63, 3.8) is 0 Å². The molecule has 1 aromatic heterocycles. The number of rotatable bonds is 4. The van der Waals surface area contributed by atoms with Crippen LogP contribution in [0.5, 0.6) is 0 Å². The van der Waals surface area contributed by atoms with Crippen molar-refractivity contribution in [2.75, 3.05) is 25.0 Å². The summed E-state index contributed by atoms with van der Waals surface area (Å²) in [7, 11) is 1.82. The zero-order valence-corrected chi connectivity index (χ0v) is 12.2. The maximum absolute atomic E-state index is 12.4. The molecular weight excluding hydrogens is 309 g/mol. The maximum Gasteiger partial charge on any atom is 0.408 e. The highest BCUT2D eigenvalue weighted by molar-refractivity contribution is 6.33. The number of hydrogen-bond donors (Lipinski definition) is 1. The third-order valence-electron chi connectivity index (χ3n) is 3.42. The average Bonchev–Trinajstić information content (AvgIpc) is 2.82. The fraction of sp³-hybridized carbons (Fsp3) is 0.667. The van der Waals surface area contributed by atoms with Crippen LogP contribution in [-0.2, 0) is 6.54 Å². The molecule has 9 heteroatoms. The van der Waals surface area contributed by atoms with Crippen LogP contribution in [0.15, 0.2) is 11.0 Å². The van der Waals surface area contributed by atoms with E-state index in [1.807, 2.05) is 11.9 Å². The van der Waals surface area contributed by atoms with Gasteiger partial charge in [0.25, 0.3) is 5.56 Å². The van der Waals surface area contributed by atoms with E-state index in [0.717, 1.165) is 12.8 Å². The lowest BCUT2D eigenvalue weighted by molar-refractivity contribution is -0.143. The van der Waals surface area contributed by atoms with Gasteiger partial charge >= 0.3 is 6.18 Å². The minimum Gasteiger partial charge on any atom is -0.365 e. The lowest BCUT2D eigenvalue weighted by Crippen LogP contribution is -2.39. The quantitative estimate of drug-likeness (QED) is 0.915. The Balaban J connectivity index is 2.30. The van der Waals surface area contributed by atoms with E-state index < -0.39 is 18.3 Å². The van der Waals surface area contributed by atoms with Crippen molar-refractivity contribution in [2.45, 2.75) is 31.6 Å². The van der Waals surface area contributed by atoms with E-state index in [-0.39, 0.29) is 11.1 Å². The van der Waals surface area contributed by atoms with E-state index in [4.69, 9.17) is 11.6 Å². The molecule has 1 saturated heterocycles. The van der Waals surface area contributed by atoms with Crippen molar-refractivity contribution in [2.24, 2.45) is 0 Å². The molecule has 1 atom stereocenters. The molecule has 1 aliphatic heterocycles. The van der Waals surface area contributed by atoms with E-state index in [9.17, 15) is 18.0 Å². The molecule has 118 valence electrons. The first-order valence-electron chi connectivity index (χ1n) is 6.57. The summed E-state index contributed by atoms with van der Waals surface area (Å²) in [5, 5.41) is 6.44. The number of aromatic nitrogens is 2. The minimum absolute atomic E-state index is 0.159. The normalized spacial score (nSPS) is 19.3. The summed E-state index contributed by atoms with van der Waals surface area (Å²) in [5.41, 5.74) is -0.514. The Morgan fingerprint density at radius 2 is 2.24 bits per heavy atom. The van der Waals surface area contributed by atoms with E-state index in [1.165, 1.54) is 6.20 Å². The van der Waals surface area contributed by atoms with Crippen molar-refractivity contribution >= 4 is 17.3 Å². The standard InChI is InChI=1S/C12H16ClF3N4O/c1-17-5-8-3-2-4-19(8)9-6-18-20(7-12(14,15)16)11(21)10(9)13/h6,8,17H,2-5,7H2,1H3. The van der Waals surface area contributed by atoms with Gasteiger partial charge in [-0.2, -0.15) is 18.3 Å². The van der Waals surface area contributed by atoms with Gasteiger partial charge in [0.15, 0.2) is 0 Å². The summed E-state index contributed by atoms with van der Waals surface area (Å²) >= 11 is 5.97. The van der Waals surface area contributed by atoms with Crippen LogP contribution in [0.4, 0.5) is 18.9 Å². The third-order valence-corrected chi connectivity index (χ3v) is 3.78. The predicted octanol–water partition coefficient (Wildman–Crippen LogP) is 1.65. The molecule has 2 rings (SSSR count). The van der Waals surface area contributed by atoms with Crippen LogP contribution < -0.4 is 15.8 Å². The lowest BCUT2D eigenvalue weighted by Gasteiger charge is -2.27. The number of likely N-dealkylation sites (N-methyl/N-ethyl adjacent to an activating group) is 1. The van der Waals surface area contributed by atoms with Gasteiger partial charge in [0, 0.05) is 19.1 Å². The number of alkyl halides is 3. The third kappa shape index (κ3) is 3.68. The Labute approximate surface area is 124 Å². The molecule has 1 fully saturated rings. The smallest absolute Gasteiger partial charge is 0.365 e. The molecule has 0 spiro atoms. The second-order valence-electron chi connectivity index (χ2n) is 4.97. The van der Waals surface area contributed by atoms with Gasteiger partial charge in [0.2, 0.25) is 0 Å². The fourth-order valence-electron chi connectivity index (χ4n) is 2.54. The molecule has 1 aromatic rings. The molecule has 1 unspecified atom stereocenters. The molecule has 0 amide bonds. The van der Waals surface area contributed by atoms with Crippen molar-refractivity contribution in [3.05, 3.63) is 21.6 Å². The Bertz CT molecular complexity index is 560. The van der Waals surface area contributed by atoms with Crippen molar-refractivity contribution in [3.8, 4) is 0 Å².